The molecule has 3 N–H and O–H groups in total. The molecule has 0 unspecified atom stereocenters. The van der Waals surface area contributed by atoms with Gasteiger partial charge in [0, 0.05) is 17.1 Å². The monoisotopic (exact) mass is 346 g/mol. The molecule has 1 saturated heterocycles. The highest BCUT2D eigenvalue weighted by atomic mass is 35.5. The second-order valence-electron chi connectivity index (χ2n) is 5.86. The van der Waals surface area contributed by atoms with Gasteiger partial charge in [0.25, 0.3) is 0 Å². The maximum absolute atomic E-state index is 12.6. The van der Waals surface area contributed by atoms with Crippen LogP contribution in [0.4, 0.5) is 10.5 Å². The van der Waals surface area contributed by atoms with Crippen LogP contribution in [0.3, 0.4) is 0 Å². The number of likely N-dealkylation sites (tertiary alicyclic amines) is 1. The number of aliphatic hydroxyl groups is 2. The Morgan fingerprint density at radius 2 is 2.00 bits per heavy atom. The van der Waals surface area contributed by atoms with Crippen LogP contribution in [0.15, 0.2) is 48.5 Å². The van der Waals surface area contributed by atoms with E-state index in [1.165, 1.54) is 4.90 Å². The first-order valence-corrected chi connectivity index (χ1v) is 8.18. The second kappa shape index (κ2) is 7.21. The van der Waals surface area contributed by atoms with Gasteiger partial charge < -0.3 is 20.4 Å². The Labute approximate surface area is 145 Å². The van der Waals surface area contributed by atoms with Crippen molar-refractivity contribution in [2.75, 3.05) is 18.5 Å². The number of aliphatic hydroxyl groups excluding tert-OH is 2. The number of benzene rings is 2. The van der Waals surface area contributed by atoms with Crippen LogP contribution in [-0.2, 0) is 0 Å². The van der Waals surface area contributed by atoms with Gasteiger partial charge in [-0.25, -0.2) is 4.79 Å². The van der Waals surface area contributed by atoms with Gasteiger partial charge in [-0.05, 0) is 30.2 Å². The summed E-state index contributed by atoms with van der Waals surface area (Å²) in [4.78, 5) is 14.0. The first kappa shape index (κ1) is 16.8. The Morgan fingerprint density at radius 1 is 1.25 bits per heavy atom. The molecule has 0 spiro atoms. The zero-order chi connectivity index (χ0) is 17.1. The SMILES string of the molecule is O=C(Nc1ccc(Cl)cc1-c1ccccc1)N1C[C@@H](O)C[C@H]1CO. The van der Waals surface area contributed by atoms with Crippen LogP contribution < -0.4 is 5.32 Å². The van der Waals surface area contributed by atoms with Crippen LogP contribution in [0.5, 0.6) is 0 Å². The maximum Gasteiger partial charge on any atom is 0.322 e. The molecule has 5 nitrogen and oxygen atoms in total. The van der Waals surface area contributed by atoms with Crippen LogP contribution >= 0.6 is 11.6 Å². The van der Waals surface area contributed by atoms with Gasteiger partial charge in [-0.1, -0.05) is 41.9 Å². The summed E-state index contributed by atoms with van der Waals surface area (Å²) in [5.41, 5.74) is 2.39. The van der Waals surface area contributed by atoms with Crippen molar-refractivity contribution in [2.45, 2.75) is 18.6 Å². The highest BCUT2D eigenvalue weighted by Crippen LogP contribution is 2.31. The van der Waals surface area contributed by atoms with Crippen molar-refractivity contribution in [3.63, 3.8) is 0 Å². The average molecular weight is 347 g/mol. The number of halogens is 1. The number of hydrogen-bond acceptors (Lipinski definition) is 3. The third-order valence-corrected chi connectivity index (χ3v) is 4.41. The Balaban J connectivity index is 1.86. The van der Waals surface area contributed by atoms with E-state index in [0.29, 0.717) is 17.1 Å². The smallest absolute Gasteiger partial charge is 0.322 e. The van der Waals surface area contributed by atoms with E-state index in [9.17, 15) is 15.0 Å². The first-order chi connectivity index (χ1) is 11.6. The summed E-state index contributed by atoms with van der Waals surface area (Å²) in [5.74, 6) is 0. The van der Waals surface area contributed by atoms with Gasteiger partial charge in [-0.3, -0.25) is 0 Å². The predicted molar refractivity (Wildman–Crippen MR) is 94.1 cm³/mol. The summed E-state index contributed by atoms with van der Waals surface area (Å²) in [7, 11) is 0. The lowest BCUT2D eigenvalue weighted by Crippen LogP contribution is -2.40. The highest BCUT2D eigenvalue weighted by molar-refractivity contribution is 6.31. The molecule has 0 aromatic heterocycles. The molecule has 0 bridgehead atoms. The molecule has 0 radical (unpaired) electrons. The molecule has 6 heteroatoms. The van der Waals surface area contributed by atoms with Gasteiger partial charge in [0.15, 0.2) is 0 Å². The van der Waals surface area contributed by atoms with Crippen LogP contribution in [0, 0.1) is 0 Å². The van der Waals surface area contributed by atoms with Crippen molar-refractivity contribution < 1.29 is 15.0 Å². The molecule has 2 aromatic carbocycles. The van der Waals surface area contributed by atoms with E-state index in [2.05, 4.69) is 5.32 Å². The zero-order valence-electron chi connectivity index (χ0n) is 13.0. The molecule has 1 aliphatic heterocycles. The molecule has 2 atom stereocenters. The van der Waals surface area contributed by atoms with E-state index >= 15 is 0 Å². The Hall–Kier alpha value is -2.08. The number of β-amino-alcohol motifs (C(OH)–C–C–N with tert-alkyl or cyclic N) is 1. The highest BCUT2D eigenvalue weighted by Gasteiger charge is 2.34. The fourth-order valence-electron chi connectivity index (χ4n) is 2.98. The van der Waals surface area contributed by atoms with E-state index in [1.807, 2.05) is 30.3 Å². The molecule has 0 aliphatic carbocycles. The van der Waals surface area contributed by atoms with E-state index in [1.54, 1.807) is 18.2 Å². The third-order valence-electron chi connectivity index (χ3n) is 4.17. The molecule has 24 heavy (non-hydrogen) atoms. The third kappa shape index (κ3) is 3.53. The van der Waals surface area contributed by atoms with Crippen molar-refractivity contribution in [3.05, 3.63) is 53.6 Å². The van der Waals surface area contributed by atoms with E-state index in [0.717, 1.165) is 11.1 Å². The maximum atomic E-state index is 12.6. The molecule has 3 rings (SSSR count). The first-order valence-electron chi connectivity index (χ1n) is 7.80. The van der Waals surface area contributed by atoms with Crippen LogP contribution in [0.25, 0.3) is 11.1 Å². The summed E-state index contributed by atoms with van der Waals surface area (Å²) in [5, 5.41) is 22.6. The van der Waals surface area contributed by atoms with E-state index in [4.69, 9.17) is 11.6 Å². The molecule has 1 fully saturated rings. The molecule has 1 heterocycles. The number of anilines is 1. The number of rotatable bonds is 3. The Bertz CT molecular complexity index is 723. The fourth-order valence-corrected chi connectivity index (χ4v) is 3.15. The number of amides is 2. The van der Waals surface area contributed by atoms with Crippen molar-refractivity contribution in [1.82, 2.24) is 4.90 Å². The molecule has 1 aliphatic rings. The Kier molecular flexibility index (Phi) is 5.04. The van der Waals surface area contributed by atoms with Crippen LogP contribution in [0.2, 0.25) is 5.02 Å². The van der Waals surface area contributed by atoms with Crippen LogP contribution in [0.1, 0.15) is 6.42 Å². The van der Waals surface area contributed by atoms with Crippen molar-refractivity contribution in [2.24, 2.45) is 0 Å². The van der Waals surface area contributed by atoms with Gasteiger partial charge in [0.05, 0.1) is 24.4 Å². The Morgan fingerprint density at radius 3 is 2.71 bits per heavy atom. The lowest BCUT2D eigenvalue weighted by atomic mass is 10.0. The number of hydrogen-bond donors (Lipinski definition) is 3. The number of carbonyl (C=O) groups excluding carboxylic acids is 1. The van der Waals surface area contributed by atoms with Gasteiger partial charge >= 0.3 is 6.03 Å². The second-order valence-corrected chi connectivity index (χ2v) is 6.30. The lowest BCUT2D eigenvalue weighted by Gasteiger charge is -2.24. The summed E-state index contributed by atoms with van der Waals surface area (Å²) >= 11 is 6.11. The van der Waals surface area contributed by atoms with Crippen molar-refractivity contribution >= 4 is 23.3 Å². The predicted octanol–water partition coefficient (Wildman–Crippen LogP) is 2.97. The number of carbonyl (C=O) groups is 1. The number of nitrogens with zero attached hydrogens (tertiary/aromatic N) is 1. The van der Waals surface area contributed by atoms with Crippen molar-refractivity contribution in [3.8, 4) is 11.1 Å². The van der Waals surface area contributed by atoms with Gasteiger partial charge in [0.2, 0.25) is 0 Å². The lowest BCUT2D eigenvalue weighted by molar-refractivity contribution is 0.164. The van der Waals surface area contributed by atoms with E-state index < -0.39 is 6.10 Å². The van der Waals surface area contributed by atoms with Gasteiger partial charge in [0.1, 0.15) is 0 Å². The molecular weight excluding hydrogens is 328 g/mol. The minimum Gasteiger partial charge on any atom is -0.394 e. The minimum atomic E-state index is -0.605. The van der Waals surface area contributed by atoms with Gasteiger partial charge in [-0.15, -0.1) is 0 Å². The largest absolute Gasteiger partial charge is 0.394 e. The number of nitrogens with one attached hydrogen (secondary N) is 1. The normalized spacial score (nSPS) is 20.2. The number of urea groups is 1. The molecular formula is C18H19ClN2O3. The fraction of sp³-hybridized carbons (Fsp3) is 0.278. The summed E-state index contributed by atoms with van der Waals surface area (Å²) in [6.45, 7) is 0.0436. The standard InChI is InChI=1S/C18H19ClN2O3/c19-13-6-7-17(16(8-13)12-4-2-1-3-5-12)20-18(24)21-10-15(23)9-14(21)11-22/h1-8,14-15,22-23H,9-11H2,(H,20,24)/t14-,15-/m0/s1. The summed E-state index contributed by atoms with van der Waals surface area (Å²) in [6, 6.07) is 14.2. The summed E-state index contributed by atoms with van der Waals surface area (Å²) in [6.07, 6.45) is -0.220. The zero-order valence-corrected chi connectivity index (χ0v) is 13.8. The molecule has 126 valence electrons. The average Bonchev–Trinajstić information content (AvgIpc) is 2.98. The quantitative estimate of drug-likeness (QED) is 0.800. The van der Waals surface area contributed by atoms with E-state index in [-0.39, 0.29) is 25.2 Å². The minimum absolute atomic E-state index is 0.170. The molecule has 2 aromatic rings. The topological polar surface area (TPSA) is 72.8 Å². The van der Waals surface area contributed by atoms with Gasteiger partial charge in [-0.2, -0.15) is 0 Å². The summed E-state index contributed by atoms with van der Waals surface area (Å²) < 4.78 is 0. The molecule has 0 saturated carbocycles. The van der Waals surface area contributed by atoms with Crippen LogP contribution in [-0.4, -0.2) is 46.4 Å². The van der Waals surface area contributed by atoms with Crippen molar-refractivity contribution in [1.29, 1.82) is 0 Å². The molecule has 2 amide bonds.